The normalized spacial score (nSPS) is 15.5. The highest BCUT2D eigenvalue weighted by molar-refractivity contribution is 6.34. The maximum Gasteiger partial charge on any atom is 0.330 e. The second-order valence-electron chi connectivity index (χ2n) is 17.1. The summed E-state index contributed by atoms with van der Waals surface area (Å²) in [5.74, 6) is 3.46. The molecule has 0 unspecified atom stereocenters. The first-order valence-electron chi connectivity index (χ1n) is 23.3. The van der Waals surface area contributed by atoms with Crippen molar-refractivity contribution in [2.24, 2.45) is 0 Å². The second kappa shape index (κ2) is 21.7. The number of anilines is 9. The molecule has 4 N–H and O–H groups in total. The van der Waals surface area contributed by atoms with E-state index in [1.54, 1.807) is 39.1 Å². The fraction of sp³-hybridized carbons (Fsp3) is 0.308. The van der Waals surface area contributed by atoms with Crippen LogP contribution in [0.4, 0.5) is 61.6 Å². The van der Waals surface area contributed by atoms with E-state index in [1.807, 2.05) is 105 Å². The van der Waals surface area contributed by atoms with E-state index >= 15 is 0 Å². The van der Waals surface area contributed by atoms with Crippen LogP contribution in [0.5, 0.6) is 11.5 Å². The van der Waals surface area contributed by atoms with E-state index in [0.29, 0.717) is 85.1 Å². The molecule has 10 rings (SSSR count). The van der Waals surface area contributed by atoms with E-state index in [1.165, 1.54) is 0 Å². The third-order valence-corrected chi connectivity index (χ3v) is 12.5. The molecule has 358 valence electrons. The first kappa shape index (κ1) is 48.0. The Morgan fingerprint density at radius 3 is 1.94 bits per heavy atom. The minimum absolute atomic E-state index is 0.0501. The quantitative estimate of drug-likeness (QED) is 0.113. The lowest BCUT2D eigenvalue weighted by Crippen LogP contribution is -2.49. The van der Waals surface area contributed by atoms with Crippen LogP contribution in [0, 0.1) is 20.8 Å². The summed E-state index contributed by atoms with van der Waals surface area (Å²) in [5, 5.41) is 6.93. The van der Waals surface area contributed by atoms with E-state index in [2.05, 4.69) is 51.4 Å². The predicted molar refractivity (Wildman–Crippen MR) is 276 cm³/mol. The highest BCUT2D eigenvalue weighted by Crippen LogP contribution is 2.38. The lowest BCUT2D eigenvalue weighted by atomic mass is 10.1. The topological polar surface area (TPSA) is 170 Å². The van der Waals surface area contributed by atoms with Crippen LogP contribution in [0.2, 0.25) is 5.02 Å². The zero-order valence-electron chi connectivity index (χ0n) is 40.0. The molecule has 0 atom stereocenters. The van der Waals surface area contributed by atoms with Crippen molar-refractivity contribution in [2.45, 2.75) is 60.5 Å². The summed E-state index contributed by atoms with van der Waals surface area (Å²) in [5.41, 5.74) is 14.6. The maximum atomic E-state index is 13.6. The second-order valence-corrected chi connectivity index (χ2v) is 17.5. The number of nitrogens with zero attached hydrogens (tertiary/aromatic N) is 9. The third kappa shape index (κ3) is 11.0. The molecule has 0 fully saturated rings. The monoisotopic (exact) mass is 950 g/mol. The van der Waals surface area contributed by atoms with Crippen LogP contribution in [0.1, 0.15) is 54.5 Å². The van der Waals surface area contributed by atoms with Crippen molar-refractivity contribution in [3.05, 3.63) is 136 Å². The number of halogens is 1. The number of ether oxygens (including phenoxy) is 2. The maximum absolute atomic E-state index is 13.6. The highest BCUT2D eigenvalue weighted by atomic mass is 35.5. The molecule has 0 spiro atoms. The Bertz CT molecular complexity index is 2820. The molecule has 0 saturated carbocycles. The van der Waals surface area contributed by atoms with Crippen molar-refractivity contribution >= 4 is 75.6 Å². The predicted octanol–water partition coefficient (Wildman–Crippen LogP) is 10.6. The molecule has 6 aromatic rings. The zero-order valence-corrected chi connectivity index (χ0v) is 40.8. The summed E-state index contributed by atoms with van der Waals surface area (Å²) in [6, 6.07) is 24.6. The molecule has 0 saturated heterocycles. The first-order valence-corrected chi connectivity index (χ1v) is 23.6. The van der Waals surface area contributed by atoms with Crippen LogP contribution in [0.15, 0.2) is 103 Å². The van der Waals surface area contributed by atoms with Gasteiger partial charge in [-0.15, -0.1) is 0 Å². The van der Waals surface area contributed by atoms with Gasteiger partial charge in [-0.05, 0) is 107 Å². The van der Waals surface area contributed by atoms with Gasteiger partial charge in [0.1, 0.15) is 29.7 Å². The van der Waals surface area contributed by atoms with Crippen molar-refractivity contribution in [1.29, 1.82) is 0 Å². The number of aryl methyl sites for hydroxylation is 3. The van der Waals surface area contributed by atoms with Crippen LogP contribution in [-0.4, -0.2) is 83.3 Å². The summed E-state index contributed by atoms with van der Waals surface area (Å²) in [6.07, 6.45) is 8.95. The van der Waals surface area contributed by atoms with Gasteiger partial charge in [0, 0.05) is 60.1 Å². The number of benzene rings is 4. The van der Waals surface area contributed by atoms with E-state index in [9.17, 15) is 9.59 Å². The SMILES string of the molecule is CCN(C)CC.Cc1cccc(C)c1N1Cc2cnc3nc2N(CCCCOc2cccc(c2)N3)C1=O.Cc1cccc(Cl)c1N1Cc2cnc3nc2N(C/C=C/COc2cc(ccc2N)N3)C1=O. The first-order chi connectivity index (χ1) is 33.4. The molecule has 4 aliphatic heterocycles. The van der Waals surface area contributed by atoms with Crippen LogP contribution in [0.3, 0.4) is 0 Å². The summed E-state index contributed by atoms with van der Waals surface area (Å²) in [4.78, 5) is 54.7. The van der Waals surface area contributed by atoms with Crippen LogP contribution in [0.25, 0.3) is 0 Å². The molecule has 16 nitrogen and oxygen atoms in total. The fourth-order valence-electron chi connectivity index (χ4n) is 8.30. The molecular weight excluding hydrogens is 892 g/mol. The van der Waals surface area contributed by atoms with Crippen LogP contribution in [-0.2, 0) is 13.1 Å². The highest BCUT2D eigenvalue weighted by Gasteiger charge is 2.36. The smallest absolute Gasteiger partial charge is 0.330 e. The number of fused-ring (bicyclic) bond motifs is 6. The Hall–Kier alpha value is -7.43. The number of nitrogens with two attached hydrogens (primary N) is 1. The van der Waals surface area contributed by atoms with Gasteiger partial charge in [0.25, 0.3) is 0 Å². The summed E-state index contributed by atoms with van der Waals surface area (Å²) in [6.45, 7) is 15.2. The van der Waals surface area contributed by atoms with Gasteiger partial charge in [0.15, 0.2) is 0 Å². The number of carbonyl (C=O) groups excluding carboxylic acids is 2. The Labute approximate surface area is 408 Å². The molecule has 17 heteroatoms. The number of urea groups is 2. The van der Waals surface area contributed by atoms with Crippen molar-refractivity contribution in [1.82, 2.24) is 24.8 Å². The number of carbonyl (C=O) groups is 2. The third-order valence-electron chi connectivity index (χ3n) is 12.2. The Kier molecular flexibility index (Phi) is 15.1. The van der Waals surface area contributed by atoms with E-state index in [0.717, 1.165) is 76.6 Å². The van der Waals surface area contributed by atoms with Crippen LogP contribution >= 0.6 is 11.6 Å². The zero-order chi connectivity index (χ0) is 48.6. The Balaban J connectivity index is 0.000000167. The van der Waals surface area contributed by atoms with E-state index in [-0.39, 0.29) is 12.1 Å². The number of nitrogens with one attached hydrogen (secondary N) is 2. The van der Waals surface area contributed by atoms with Crippen molar-refractivity contribution in [3.8, 4) is 11.5 Å². The molecule has 2 aromatic heterocycles. The lowest BCUT2D eigenvalue weighted by Gasteiger charge is -2.37. The van der Waals surface area contributed by atoms with Crippen molar-refractivity contribution < 1.29 is 19.1 Å². The molecule has 0 radical (unpaired) electrons. The average Bonchev–Trinajstić information content (AvgIpc) is 3.35. The van der Waals surface area contributed by atoms with Gasteiger partial charge < -0.3 is 30.7 Å². The fourth-order valence-corrected chi connectivity index (χ4v) is 8.62. The number of nitrogen functional groups attached to an aromatic ring is 1. The number of amides is 4. The molecule has 69 heavy (non-hydrogen) atoms. The van der Waals surface area contributed by atoms with Gasteiger partial charge in [-0.3, -0.25) is 19.6 Å². The standard InChI is InChI=1S/C24H25N5O2.C23H21ClN6O2.C5H13N/c1-16-7-5-8-17(2)21(16)29-15-18-14-25-23-26-19-9-6-10-20(13-19)31-12-4-3-11-28(24(29)30)22(18)27-23;1-14-5-4-6-17(24)20(14)30-13-15-12-26-22-27-16-7-8-18(25)19(11-16)32-10-3-2-9-29(23(30)31)21(15)28-22;1-4-6(3)5-2/h5-10,13-14H,3-4,11-12,15H2,1-2H3,(H,25,26,27);2-8,11-12H,9-10,13,25H2,1H3,(H,26,27,28);4-5H2,1-3H3/b;3-2+;. The summed E-state index contributed by atoms with van der Waals surface area (Å²) in [7, 11) is 2.11. The van der Waals surface area contributed by atoms with Crippen LogP contribution < -0.4 is 45.4 Å². The van der Waals surface area contributed by atoms with Crippen molar-refractivity contribution in [3.63, 3.8) is 0 Å². The van der Waals surface area contributed by atoms with Gasteiger partial charge in [0.2, 0.25) is 11.9 Å². The Morgan fingerprint density at radius 1 is 0.696 bits per heavy atom. The Morgan fingerprint density at radius 2 is 1.29 bits per heavy atom. The lowest BCUT2D eigenvalue weighted by molar-refractivity contribution is 0.248. The molecule has 4 aliphatic rings. The van der Waals surface area contributed by atoms with Gasteiger partial charge in [-0.25, -0.2) is 19.6 Å². The number of hydrogen-bond donors (Lipinski definition) is 3. The van der Waals surface area contributed by atoms with Gasteiger partial charge >= 0.3 is 12.1 Å². The molecule has 6 heterocycles. The average molecular weight is 952 g/mol. The molecule has 4 amide bonds. The number of aromatic nitrogens is 4. The minimum Gasteiger partial charge on any atom is -0.494 e. The van der Waals surface area contributed by atoms with E-state index < -0.39 is 0 Å². The van der Waals surface area contributed by atoms with Gasteiger partial charge in [0.05, 0.1) is 41.8 Å². The van der Waals surface area contributed by atoms with Gasteiger partial charge in [-0.2, -0.15) is 9.97 Å². The largest absolute Gasteiger partial charge is 0.494 e. The molecule has 4 aromatic carbocycles. The molecular formula is C52H59ClN12O4. The number of hydrogen-bond acceptors (Lipinski definition) is 12. The summed E-state index contributed by atoms with van der Waals surface area (Å²) >= 11 is 6.47. The minimum atomic E-state index is -0.205. The molecule has 0 aliphatic carbocycles. The number of rotatable bonds is 4. The van der Waals surface area contributed by atoms with Crippen molar-refractivity contribution in [2.75, 3.05) is 82.4 Å². The number of para-hydroxylation sites is 2. The van der Waals surface area contributed by atoms with E-state index in [4.69, 9.17) is 31.8 Å². The molecule has 8 bridgehead atoms. The van der Waals surface area contributed by atoms with Gasteiger partial charge in [-0.1, -0.05) is 67.9 Å². The summed E-state index contributed by atoms with van der Waals surface area (Å²) < 4.78 is 11.7.